The molecule has 0 bridgehead atoms. The molecule has 0 amide bonds. The first kappa shape index (κ1) is 31.5. The summed E-state index contributed by atoms with van der Waals surface area (Å²) in [6, 6.07) is 62.8. The van der Waals surface area contributed by atoms with Crippen LogP contribution in [0, 0.1) is 0 Å². The quantitative estimate of drug-likeness (QED) is 0.176. The first-order valence-electron chi connectivity index (χ1n) is 19.0. The highest BCUT2D eigenvalue weighted by Gasteiger charge is 2.21. The smallest absolute Gasteiger partial charge is 0.166 e. The second kappa shape index (κ2) is 12.3. The number of hydrogen-bond acceptors (Lipinski definition) is 5. The monoisotopic (exact) mass is 730 g/mol. The van der Waals surface area contributed by atoms with Crippen LogP contribution in [-0.4, -0.2) is 19.5 Å². The SMILES string of the molecule is c1ccc(-c2cccc3c2c2ccccc2n3-c2ccccc2-c2nc(-c3ccc4c(c3)oc3ccccc34)nc(-c3ccc4oc5ccccc5c4c3)n2)cc1. The molecule has 6 nitrogen and oxygen atoms in total. The summed E-state index contributed by atoms with van der Waals surface area (Å²) in [5, 5.41) is 6.56. The van der Waals surface area contributed by atoms with Crippen LogP contribution in [0.15, 0.2) is 191 Å². The van der Waals surface area contributed by atoms with Crippen molar-refractivity contribution in [1.82, 2.24) is 19.5 Å². The van der Waals surface area contributed by atoms with Crippen molar-refractivity contribution < 1.29 is 8.83 Å². The Balaban J connectivity index is 1.11. The Kier molecular flexibility index (Phi) is 6.83. The minimum absolute atomic E-state index is 0.554. The molecule has 12 rings (SSSR count). The first-order chi connectivity index (χ1) is 28.2. The zero-order valence-corrected chi connectivity index (χ0v) is 30.4. The van der Waals surface area contributed by atoms with E-state index in [2.05, 4.69) is 132 Å². The fourth-order valence-corrected chi connectivity index (χ4v) is 8.48. The van der Waals surface area contributed by atoms with Crippen molar-refractivity contribution in [2.45, 2.75) is 0 Å². The zero-order chi connectivity index (χ0) is 37.5. The molecule has 0 saturated carbocycles. The van der Waals surface area contributed by atoms with Gasteiger partial charge in [0.15, 0.2) is 17.5 Å². The van der Waals surface area contributed by atoms with Gasteiger partial charge >= 0.3 is 0 Å². The second-order valence-corrected chi connectivity index (χ2v) is 14.4. The van der Waals surface area contributed by atoms with Gasteiger partial charge in [0.2, 0.25) is 0 Å². The second-order valence-electron chi connectivity index (χ2n) is 14.4. The molecule has 0 spiro atoms. The minimum atomic E-state index is 0.554. The van der Waals surface area contributed by atoms with E-state index in [1.54, 1.807) is 0 Å². The maximum absolute atomic E-state index is 6.33. The molecule has 12 aromatic rings. The van der Waals surface area contributed by atoms with Crippen molar-refractivity contribution in [3.05, 3.63) is 182 Å². The molecule has 0 saturated heterocycles. The molecule has 4 aromatic heterocycles. The Labute approximate surface area is 325 Å². The molecular weight excluding hydrogens is 701 g/mol. The molecule has 4 heterocycles. The van der Waals surface area contributed by atoms with E-state index in [1.165, 1.54) is 21.9 Å². The summed E-state index contributed by atoms with van der Waals surface area (Å²) >= 11 is 0. The molecule has 0 radical (unpaired) electrons. The van der Waals surface area contributed by atoms with Gasteiger partial charge in [-0.25, -0.2) is 15.0 Å². The molecule has 8 aromatic carbocycles. The van der Waals surface area contributed by atoms with E-state index < -0.39 is 0 Å². The molecule has 0 aliphatic rings. The van der Waals surface area contributed by atoms with E-state index in [1.807, 2.05) is 54.6 Å². The van der Waals surface area contributed by atoms with Crippen molar-refractivity contribution in [3.8, 4) is 51.0 Å². The van der Waals surface area contributed by atoms with Crippen molar-refractivity contribution in [2.75, 3.05) is 0 Å². The van der Waals surface area contributed by atoms with Gasteiger partial charge in [-0.15, -0.1) is 0 Å². The molecule has 0 aliphatic heterocycles. The van der Waals surface area contributed by atoms with E-state index in [4.69, 9.17) is 23.8 Å². The lowest BCUT2D eigenvalue weighted by atomic mass is 9.99. The molecule has 0 aliphatic carbocycles. The Morgan fingerprint density at radius 3 is 1.72 bits per heavy atom. The van der Waals surface area contributed by atoms with Crippen LogP contribution in [0.5, 0.6) is 0 Å². The van der Waals surface area contributed by atoms with Crippen LogP contribution < -0.4 is 0 Å². The van der Waals surface area contributed by atoms with Crippen molar-refractivity contribution in [1.29, 1.82) is 0 Å². The molecule has 57 heavy (non-hydrogen) atoms. The topological polar surface area (TPSA) is 69.9 Å². The third kappa shape index (κ3) is 4.94. The van der Waals surface area contributed by atoms with E-state index in [-0.39, 0.29) is 0 Å². The maximum atomic E-state index is 6.33. The summed E-state index contributed by atoms with van der Waals surface area (Å²) in [6.07, 6.45) is 0. The minimum Gasteiger partial charge on any atom is -0.456 e. The van der Waals surface area contributed by atoms with Gasteiger partial charge in [-0.05, 0) is 77.9 Å². The average molecular weight is 731 g/mol. The summed E-state index contributed by atoms with van der Waals surface area (Å²) in [5.41, 5.74) is 11.4. The molecule has 0 fully saturated rings. The van der Waals surface area contributed by atoms with Crippen LogP contribution >= 0.6 is 0 Å². The average Bonchev–Trinajstić information content (AvgIpc) is 3.95. The van der Waals surface area contributed by atoms with E-state index >= 15 is 0 Å². The van der Waals surface area contributed by atoms with Gasteiger partial charge in [0, 0.05) is 49.0 Å². The van der Waals surface area contributed by atoms with Gasteiger partial charge in [-0.2, -0.15) is 0 Å². The Morgan fingerprint density at radius 1 is 0.333 bits per heavy atom. The molecule has 0 unspecified atom stereocenters. The van der Waals surface area contributed by atoms with E-state index in [0.717, 1.165) is 77.3 Å². The van der Waals surface area contributed by atoms with Crippen LogP contribution in [0.25, 0.3) is 117 Å². The largest absolute Gasteiger partial charge is 0.456 e. The van der Waals surface area contributed by atoms with Gasteiger partial charge in [-0.1, -0.05) is 115 Å². The van der Waals surface area contributed by atoms with Crippen LogP contribution in [0.4, 0.5) is 0 Å². The summed E-state index contributed by atoms with van der Waals surface area (Å²) in [4.78, 5) is 15.7. The number of nitrogens with zero attached hydrogens (tertiary/aromatic N) is 4. The number of benzene rings is 8. The third-order valence-electron chi connectivity index (χ3n) is 11.1. The highest BCUT2D eigenvalue weighted by atomic mass is 16.3. The normalized spacial score (nSPS) is 11.9. The maximum Gasteiger partial charge on any atom is 0.166 e. The highest BCUT2D eigenvalue weighted by Crippen LogP contribution is 2.41. The lowest BCUT2D eigenvalue weighted by Crippen LogP contribution is -2.03. The summed E-state index contributed by atoms with van der Waals surface area (Å²) in [6.45, 7) is 0. The van der Waals surface area contributed by atoms with E-state index in [9.17, 15) is 0 Å². The summed E-state index contributed by atoms with van der Waals surface area (Å²) in [5.74, 6) is 1.69. The standard InChI is InChI=1S/C51H30N4O2/c1-2-13-31(14-3-1)34-19-12-22-43-48(34)38-17-4-8-20-41(38)55(43)42-21-9-5-18-39(42)51-53-49(32-26-28-46-40(29-32)36-16-7-11-24-45(36)56-46)52-50(54-51)33-25-27-37-35-15-6-10-23-44(35)57-47(37)30-33/h1-30H. The number of para-hydroxylation sites is 4. The van der Waals surface area contributed by atoms with Crippen LogP contribution in [0.2, 0.25) is 0 Å². The Bertz CT molecular complexity index is 3540. The van der Waals surface area contributed by atoms with Gasteiger partial charge < -0.3 is 13.4 Å². The fourth-order valence-electron chi connectivity index (χ4n) is 8.48. The number of rotatable bonds is 5. The number of aromatic nitrogens is 4. The molecule has 6 heteroatoms. The first-order valence-corrected chi connectivity index (χ1v) is 19.0. The predicted molar refractivity (Wildman–Crippen MR) is 230 cm³/mol. The van der Waals surface area contributed by atoms with Gasteiger partial charge in [0.25, 0.3) is 0 Å². The molecule has 0 atom stereocenters. The Hall–Kier alpha value is -7.83. The van der Waals surface area contributed by atoms with Gasteiger partial charge in [-0.3, -0.25) is 0 Å². The fraction of sp³-hybridized carbons (Fsp3) is 0. The number of fused-ring (bicyclic) bond motifs is 9. The molecule has 0 N–H and O–H groups in total. The summed E-state index contributed by atoms with van der Waals surface area (Å²) < 4.78 is 14.9. The van der Waals surface area contributed by atoms with Gasteiger partial charge in [0.1, 0.15) is 22.3 Å². The summed E-state index contributed by atoms with van der Waals surface area (Å²) in [7, 11) is 0. The van der Waals surface area contributed by atoms with Crippen LogP contribution in [0.1, 0.15) is 0 Å². The lowest BCUT2D eigenvalue weighted by molar-refractivity contribution is 0.668. The van der Waals surface area contributed by atoms with Crippen molar-refractivity contribution in [2.24, 2.45) is 0 Å². The lowest BCUT2D eigenvalue weighted by Gasteiger charge is -2.15. The Morgan fingerprint density at radius 2 is 0.895 bits per heavy atom. The predicted octanol–water partition coefficient (Wildman–Crippen LogP) is 13.4. The van der Waals surface area contributed by atoms with Gasteiger partial charge in [0.05, 0.1) is 16.7 Å². The van der Waals surface area contributed by atoms with Crippen LogP contribution in [0.3, 0.4) is 0 Å². The van der Waals surface area contributed by atoms with Crippen molar-refractivity contribution in [3.63, 3.8) is 0 Å². The number of furan rings is 2. The van der Waals surface area contributed by atoms with Crippen LogP contribution in [-0.2, 0) is 0 Å². The third-order valence-corrected chi connectivity index (χ3v) is 11.1. The zero-order valence-electron chi connectivity index (χ0n) is 30.4. The molecular formula is C51H30N4O2. The van der Waals surface area contributed by atoms with E-state index in [0.29, 0.717) is 17.5 Å². The highest BCUT2D eigenvalue weighted by molar-refractivity contribution is 6.16. The number of hydrogen-bond donors (Lipinski definition) is 0. The van der Waals surface area contributed by atoms with Crippen molar-refractivity contribution >= 4 is 65.7 Å². The molecule has 266 valence electrons.